The summed E-state index contributed by atoms with van der Waals surface area (Å²) in [5.41, 5.74) is 7.60. The second-order valence-electron chi connectivity index (χ2n) is 7.12. The van der Waals surface area contributed by atoms with Crippen LogP contribution in [-0.2, 0) is 22.4 Å². The topological polar surface area (TPSA) is 92.5 Å². The molecule has 1 aromatic carbocycles. The molecule has 4 rings (SSSR count). The first kappa shape index (κ1) is 22.0. The zero-order chi connectivity index (χ0) is 22.1. The molecule has 2 heterocycles. The van der Waals surface area contributed by atoms with Gasteiger partial charge >= 0.3 is 0 Å². The Balaban J connectivity index is 1.50. The SMILES string of the molecule is NC(=O)c1c(NC(=O)CN2C(=O)C(=Cc3ccccc3Cl)SC2=S)sc2c1CCCC2. The number of rotatable bonds is 5. The van der Waals surface area contributed by atoms with Gasteiger partial charge in [-0.1, -0.05) is 53.8 Å². The molecule has 2 aliphatic rings. The summed E-state index contributed by atoms with van der Waals surface area (Å²) < 4.78 is 0.291. The predicted octanol–water partition coefficient (Wildman–Crippen LogP) is 4.22. The summed E-state index contributed by atoms with van der Waals surface area (Å²) in [6, 6.07) is 7.16. The molecule has 0 radical (unpaired) electrons. The van der Waals surface area contributed by atoms with Gasteiger partial charge in [-0.15, -0.1) is 11.3 Å². The summed E-state index contributed by atoms with van der Waals surface area (Å²) in [6.07, 6.45) is 5.36. The summed E-state index contributed by atoms with van der Waals surface area (Å²) in [5, 5.41) is 3.73. The molecule has 0 spiro atoms. The van der Waals surface area contributed by atoms with Crippen LogP contribution in [0.4, 0.5) is 5.00 Å². The quantitative estimate of drug-likeness (QED) is 0.482. The van der Waals surface area contributed by atoms with Crippen molar-refractivity contribution in [3.63, 3.8) is 0 Å². The van der Waals surface area contributed by atoms with Crippen LogP contribution in [0.3, 0.4) is 0 Å². The number of benzene rings is 1. The molecule has 10 heteroatoms. The van der Waals surface area contributed by atoms with Gasteiger partial charge in [-0.25, -0.2) is 0 Å². The van der Waals surface area contributed by atoms with Crippen molar-refractivity contribution in [3.05, 3.63) is 55.8 Å². The van der Waals surface area contributed by atoms with Crippen LogP contribution in [0.1, 0.15) is 39.2 Å². The Labute approximate surface area is 197 Å². The zero-order valence-corrected chi connectivity index (χ0v) is 19.5. The molecule has 1 aromatic heterocycles. The van der Waals surface area contributed by atoms with Crippen LogP contribution in [-0.4, -0.2) is 33.5 Å². The Morgan fingerprint density at radius 3 is 2.74 bits per heavy atom. The summed E-state index contributed by atoms with van der Waals surface area (Å²) in [4.78, 5) is 40.2. The number of carbonyl (C=O) groups is 3. The van der Waals surface area contributed by atoms with E-state index in [0.717, 1.165) is 47.9 Å². The largest absolute Gasteiger partial charge is 0.365 e. The highest BCUT2D eigenvalue weighted by Crippen LogP contribution is 2.38. The molecule has 1 aliphatic heterocycles. The number of hydrogen-bond donors (Lipinski definition) is 2. The van der Waals surface area contributed by atoms with Crippen LogP contribution in [0.2, 0.25) is 5.02 Å². The van der Waals surface area contributed by atoms with Gasteiger partial charge in [0.2, 0.25) is 5.91 Å². The van der Waals surface area contributed by atoms with Crippen molar-refractivity contribution in [1.29, 1.82) is 0 Å². The minimum Gasteiger partial charge on any atom is -0.365 e. The Hall–Kier alpha value is -2.20. The van der Waals surface area contributed by atoms with E-state index in [4.69, 9.17) is 29.6 Å². The van der Waals surface area contributed by atoms with Crippen molar-refractivity contribution >= 4 is 80.0 Å². The Bertz CT molecular complexity index is 1140. The zero-order valence-electron chi connectivity index (χ0n) is 16.3. The minimum atomic E-state index is -0.553. The van der Waals surface area contributed by atoms with E-state index in [-0.39, 0.29) is 12.5 Å². The van der Waals surface area contributed by atoms with Gasteiger partial charge in [0.15, 0.2) is 0 Å². The van der Waals surface area contributed by atoms with E-state index >= 15 is 0 Å². The van der Waals surface area contributed by atoms with Gasteiger partial charge < -0.3 is 11.1 Å². The van der Waals surface area contributed by atoms with Gasteiger partial charge in [0, 0.05) is 9.90 Å². The molecular weight excluding hydrogens is 474 g/mol. The highest BCUT2D eigenvalue weighted by molar-refractivity contribution is 8.26. The second kappa shape index (κ2) is 9.12. The molecule has 31 heavy (non-hydrogen) atoms. The maximum Gasteiger partial charge on any atom is 0.266 e. The lowest BCUT2D eigenvalue weighted by Gasteiger charge is -2.14. The number of nitrogens with two attached hydrogens (primary N) is 1. The molecule has 1 saturated heterocycles. The predicted molar refractivity (Wildman–Crippen MR) is 129 cm³/mol. The maximum atomic E-state index is 12.8. The second-order valence-corrected chi connectivity index (χ2v) is 10.3. The third kappa shape index (κ3) is 4.55. The van der Waals surface area contributed by atoms with Gasteiger partial charge in [0.1, 0.15) is 15.9 Å². The highest BCUT2D eigenvalue weighted by atomic mass is 35.5. The number of thioether (sulfide) groups is 1. The number of fused-ring (bicyclic) bond motifs is 1. The van der Waals surface area contributed by atoms with Crippen LogP contribution >= 0.6 is 46.9 Å². The average Bonchev–Trinajstić information content (AvgIpc) is 3.21. The number of primary amides is 1. The number of anilines is 1. The Kier molecular flexibility index (Phi) is 6.47. The van der Waals surface area contributed by atoms with Gasteiger partial charge in [0.25, 0.3) is 11.8 Å². The summed E-state index contributed by atoms with van der Waals surface area (Å²) in [6.45, 7) is -0.245. The average molecular weight is 492 g/mol. The van der Waals surface area contributed by atoms with Crippen molar-refractivity contribution in [2.24, 2.45) is 5.73 Å². The van der Waals surface area contributed by atoms with Gasteiger partial charge in [-0.3, -0.25) is 19.3 Å². The fraction of sp³-hybridized carbons (Fsp3) is 0.238. The number of aryl methyl sites for hydroxylation is 1. The molecule has 0 bridgehead atoms. The standard InChI is InChI=1S/C21H18ClN3O3S3/c22-13-7-3-1-5-11(13)9-15-20(28)25(21(29)31-15)10-16(26)24-19-17(18(23)27)12-6-2-4-8-14(12)30-19/h1,3,5,7,9H,2,4,6,8,10H2,(H2,23,27)(H,24,26). The molecule has 3 N–H and O–H groups in total. The van der Waals surface area contributed by atoms with E-state index < -0.39 is 11.8 Å². The monoisotopic (exact) mass is 491 g/mol. The van der Waals surface area contributed by atoms with Crippen LogP contribution in [0, 0.1) is 0 Å². The molecule has 6 nitrogen and oxygen atoms in total. The molecule has 0 saturated carbocycles. The number of amides is 3. The van der Waals surface area contributed by atoms with Crippen molar-refractivity contribution in [1.82, 2.24) is 4.90 Å². The molecule has 2 aromatic rings. The number of thiophene rings is 1. The number of halogens is 1. The summed E-state index contributed by atoms with van der Waals surface area (Å²) >= 11 is 14.0. The Morgan fingerprint density at radius 1 is 1.26 bits per heavy atom. The van der Waals surface area contributed by atoms with E-state index in [1.807, 2.05) is 6.07 Å². The normalized spacial score (nSPS) is 17.2. The summed E-state index contributed by atoms with van der Waals surface area (Å²) in [7, 11) is 0. The molecule has 3 amide bonds. The third-order valence-corrected chi connectivity index (χ3v) is 7.97. The lowest BCUT2D eigenvalue weighted by atomic mass is 9.95. The van der Waals surface area contributed by atoms with Gasteiger partial charge in [-0.05, 0) is 49.0 Å². The van der Waals surface area contributed by atoms with Crippen molar-refractivity contribution in [2.45, 2.75) is 25.7 Å². The number of nitrogens with one attached hydrogen (secondary N) is 1. The van der Waals surface area contributed by atoms with Crippen molar-refractivity contribution < 1.29 is 14.4 Å². The van der Waals surface area contributed by atoms with Crippen molar-refractivity contribution in [3.8, 4) is 0 Å². The molecule has 1 fully saturated rings. The minimum absolute atomic E-state index is 0.245. The number of carbonyl (C=O) groups excluding carboxylic acids is 3. The van der Waals surface area contributed by atoms with E-state index in [9.17, 15) is 14.4 Å². The number of hydrogen-bond acceptors (Lipinski definition) is 6. The summed E-state index contributed by atoms with van der Waals surface area (Å²) in [5.74, 6) is -1.34. The number of nitrogens with zero attached hydrogens (tertiary/aromatic N) is 1. The lowest BCUT2D eigenvalue weighted by Crippen LogP contribution is -2.36. The first-order chi connectivity index (χ1) is 14.8. The number of thiocarbonyl (C=S) groups is 1. The smallest absolute Gasteiger partial charge is 0.266 e. The van der Waals surface area contributed by atoms with E-state index in [0.29, 0.717) is 30.4 Å². The molecule has 160 valence electrons. The molecule has 1 aliphatic carbocycles. The van der Waals surface area contributed by atoms with Crippen LogP contribution in [0.5, 0.6) is 0 Å². The van der Waals surface area contributed by atoms with Gasteiger partial charge in [-0.2, -0.15) is 0 Å². The molecular formula is C21H18ClN3O3S3. The fourth-order valence-electron chi connectivity index (χ4n) is 3.59. The van der Waals surface area contributed by atoms with Crippen LogP contribution < -0.4 is 11.1 Å². The molecule has 0 unspecified atom stereocenters. The van der Waals surface area contributed by atoms with Gasteiger partial charge in [0.05, 0.1) is 10.5 Å². The Morgan fingerprint density at radius 2 is 2.00 bits per heavy atom. The first-order valence-corrected chi connectivity index (χ1v) is 12.0. The van der Waals surface area contributed by atoms with E-state index in [2.05, 4.69) is 5.32 Å². The lowest BCUT2D eigenvalue weighted by molar-refractivity contribution is -0.126. The van der Waals surface area contributed by atoms with E-state index in [1.54, 1.807) is 24.3 Å². The fourth-order valence-corrected chi connectivity index (χ4v) is 6.34. The van der Waals surface area contributed by atoms with Crippen LogP contribution in [0.15, 0.2) is 29.2 Å². The third-order valence-electron chi connectivity index (χ3n) is 5.04. The van der Waals surface area contributed by atoms with E-state index in [1.165, 1.54) is 16.2 Å². The highest BCUT2D eigenvalue weighted by Gasteiger charge is 2.34. The maximum absolute atomic E-state index is 12.8. The first-order valence-electron chi connectivity index (χ1n) is 9.59. The molecule has 0 atom stereocenters. The van der Waals surface area contributed by atoms with Crippen molar-refractivity contribution in [2.75, 3.05) is 11.9 Å². The van der Waals surface area contributed by atoms with Crippen LogP contribution in [0.25, 0.3) is 6.08 Å².